The van der Waals surface area contributed by atoms with Crippen molar-refractivity contribution in [2.24, 2.45) is 0 Å². The first kappa shape index (κ1) is 25.6. The highest BCUT2D eigenvalue weighted by atomic mass is 16.6. The van der Waals surface area contributed by atoms with Crippen LogP contribution in [0.2, 0.25) is 0 Å². The van der Waals surface area contributed by atoms with Crippen LogP contribution in [0.25, 0.3) is 21.5 Å². The summed E-state index contributed by atoms with van der Waals surface area (Å²) in [6, 6.07) is 24.5. The van der Waals surface area contributed by atoms with E-state index in [2.05, 4.69) is 21.3 Å². The van der Waals surface area contributed by atoms with Crippen molar-refractivity contribution in [3.63, 3.8) is 0 Å². The number of nitrogens with one attached hydrogen (secondary N) is 4. The van der Waals surface area contributed by atoms with Gasteiger partial charge < -0.3 is 21.3 Å². The molecule has 4 N–H and O–H groups in total. The Kier molecular flexibility index (Phi) is 6.88. The van der Waals surface area contributed by atoms with Crippen LogP contribution in [0, 0.1) is 20.2 Å². The van der Waals surface area contributed by atoms with Gasteiger partial charge in [0.1, 0.15) is 0 Å². The molecule has 0 atom stereocenters. The molecule has 40 heavy (non-hydrogen) atoms. The molecule has 12 heteroatoms. The monoisotopic (exact) mass is 536 g/mol. The number of amides is 4. The fraction of sp³-hybridized carbons (Fsp3) is 0. The van der Waals surface area contributed by atoms with Crippen molar-refractivity contribution in [3.05, 3.63) is 117 Å². The molecule has 0 radical (unpaired) electrons. The van der Waals surface area contributed by atoms with Crippen molar-refractivity contribution in [1.82, 2.24) is 0 Å². The van der Waals surface area contributed by atoms with E-state index in [0.717, 1.165) is 21.5 Å². The van der Waals surface area contributed by atoms with Crippen molar-refractivity contribution in [1.29, 1.82) is 0 Å². The van der Waals surface area contributed by atoms with E-state index < -0.39 is 21.9 Å². The second-order valence-electron chi connectivity index (χ2n) is 8.67. The van der Waals surface area contributed by atoms with Crippen LogP contribution >= 0.6 is 0 Å². The number of non-ortho nitro benzene ring substituents is 2. The van der Waals surface area contributed by atoms with Crippen LogP contribution in [-0.2, 0) is 0 Å². The molecule has 0 saturated carbocycles. The number of anilines is 4. The molecule has 12 nitrogen and oxygen atoms in total. The zero-order chi connectivity index (χ0) is 28.2. The van der Waals surface area contributed by atoms with Crippen LogP contribution in [0.5, 0.6) is 0 Å². The van der Waals surface area contributed by atoms with Gasteiger partial charge in [-0.25, -0.2) is 9.59 Å². The van der Waals surface area contributed by atoms with E-state index in [4.69, 9.17) is 0 Å². The third kappa shape index (κ3) is 5.60. The SMILES string of the molecule is O=C(Nc1ccc([N+](=O)[O-])cc1)Nc1cccc2cc3cccc(NC(=O)Nc4ccc([N+](=O)[O-])cc4)c3cc12. The van der Waals surface area contributed by atoms with Crippen LogP contribution in [0.3, 0.4) is 0 Å². The lowest BCUT2D eigenvalue weighted by Crippen LogP contribution is -2.19. The van der Waals surface area contributed by atoms with Gasteiger partial charge in [0.25, 0.3) is 11.4 Å². The third-order valence-electron chi connectivity index (χ3n) is 6.05. The molecule has 198 valence electrons. The zero-order valence-corrected chi connectivity index (χ0v) is 20.6. The second-order valence-corrected chi connectivity index (χ2v) is 8.67. The number of rotatable bonds is 6. The minimum atomic E-state index is -0.532. The Bertz CT molecular complexity index is 1660. The molecule has 0 saturated heterocycles. The Hall–Kier alpha value is -6.04. The van der Waals surface area contributed by atoms with E-state index in [1.807, 2.05) is 24.3 Å². The Labute approximate surface area is 225 Å². The average molecular weight is 537 g/mol. The predicted octanol–water partition coefficient (Wildman–Crippen LogP) is 7.10. The normalized spacial score (nSPS) is 10.6. The number of nitrogens with zero attached hydrogens (tertiary/aromatic N) is 2. The van der Waals surface area contributed by atoms with Gasteiger partial charge in [-0.2, -0.15) is 0 Å². The summed E-state index contributed by atoms with van der Waals surface area (Å²) < 4.78 is 0. The summed E-state index contributed by atoms with van der Waals surface area (Å²) in [5.41, 5.74) is 1.64. The lowest BCUT2D eigenvalue weighted by Gasteiger charge is -2.14. The van der Waals surface area contributed by atoms with E-state index in [1.165, 1.54) is 48.5 Å². The van der Waals surface area contributed by atoms with Crippen molar-refractivity contribution in [2.75, 3.05) is 21.3 Å². The van der Waals surface area contributed by atoms with Crippen LogP contribution in [0.1, 0.15) is 0 Å². The summed E-state index contributed by atoms with van der Waals surface area (Å²) in [6.45, 7) is 0. The maximum absolute atomic E-state index is 12.7. The zero-order valence-electron chi connectivity index (χ0n) is 20.6. The quantitative estimate of drug-likeness (QED) is 0.102. The van der Waals surface area contributed by atoms with Gasteiger partial charge in [0, 0.05) is 46.4 Å². The van der Waals surface area contributed by atoms with Gasteiger partial charge in [0.05, 0.1) is 21.2 Å². The van der Waals surface area contributed by atoms with Crippen molar-refractivity contribution in [3.8, 4) is 0 Å². The van der Waals surface area contributed by atoms with Crippen molar-refractivity contribution < 1.29 is 19.4 Å². The number of nitro groups is 2. The fourth-order valence-electron chi connectivity index (χ4n) is 4.17. The topological polar surface area (TPSA) is 169 Å². The van der Waals surface area contributed by atoms with Crippen LogP contribution in [0.15, 0.2) is 97.1 Å². The molecule has 0 aliphatic heterocycles. The molecule has 0 unspecified atom stereocenters. The maximum atomic E-state index is 12.7. The van der Waals surface area contributed by atoms with Gasteiger partial charge in [-0.15, -0.1) is 0 Å². The number of fused-ring (bicyclic) bond motifs is 2. The lowest BCUT2D eigenvalue weighted by atomic mass is 10.0. The Morgan fingerprint density at radius 2 is 0.925 bits per heavy atom. The number of hydrogen-bond donors (Lipinski definition) is 4. The molecule has 5 aromatic rings. The lowest BCUT2D eigenvalue weighted by molar-refractivity contribution is -0.385. The average Bonchev–Trinajstić information content (AvgIpc) is 2.93. The molecule has 0 spiro atoms. The Balaban J connectivity index is 1.37. The van der Waals surface area contributed by atoms with Gasteiger partial charge in [0.15, 0.2) is 0 Å². The van der Waals surface area contributed by atoms with E-state index >= 15 is 0 Å². The van der Waals surface area contributed by atoms with E-state index in [1.54, 1.807) is 24.3 Å². The van der Waals surface area contributed by atoms with Crippen LogP contribution in [0.4, 0.5) is 43.7 Å². The Morgan fingerprint density at radius 3 is 1.30 bits per heavy atom. The van der Waals surface area contributed by atoms with Crippen molar-refractivity contribution in [2.45, 2.75) is 0 Å². The van der Waals surface area contributed by atoms with Crippen LogP contribution in [-0.4, -0.2) is 21.9 Å². The molecular weight excluding hydrogens is 516 g/mol. The highest BCUT2D eigenvalue weighted by Crippen LogP contribution is 2.32. The summed E-state index contributed by atoms with van der Waals surface area (Å²) in [5, 5.41) is 35.8. The standard InChI is InChI=1S/C28H20N6O6/c35-27(29-19-7-11-21(12-8-19)33(37)38)31-25-5-1-3-17-15-18-4-2-6-26(24(18)16-23(17)25)32-28(36)30-20-9-13-22(14-10-20)34(39)40/h1-16H,(H2,29,31,35)(H2,30,32,36). The molecule has 0 heterocycles. The first-order valence-electron chi connectivity index (χ1n) is 11.9. The van der Waals surface area contributed by atoms with Gasteiger partial charge in [-0.1, -0.05) is 24.3 Å². The first-order valence-corrected chi connectivity index (χ1v) is 11.9. The van der Waals surface area contributed by atoms with Crippen molar-refractivity contribution >= 4 is 67.7 Å². The summed E-state index contributed by atoms with van der Waals surface area (Å²) in [6.07, 6.45) is 0. The van der Waals surface area contributed by atoms with Gasteiger partial charge in [-0.05, 0) is 59.3 Å². The van der Waals surface area contributed by atoms with E-state index in [9.17, 15) is 29.8 Å². The minimum Gasteiger partial charge on any atom is -0.308 e. The molecule has 0 aliphatic rings. The summed E-state index contributed by atoms with van der Waals surface area (Å²) in [7, 11) is 0. The molecule has 0 aromatic heterocycles. The summed E-state index contributed by atoms with van der Waals surface area (Å²) >= 11 is 0. The molecule has 0 bridgehead atoms. The molecule has 4 amide bonds. The highest BCUT2D eigenvalue weighted by molar-refractivity contribution is 6.13. The summed E-state index contributed by atoms with van der Waals surface area (Å²) in [4.78, 5) is 46.0. The number of carbonyl (C=O) groups excluding carboxylic acids is 2. The number of nitro benzene ring substituents is 2. The van der Waals surface area contributed by atoms with Gasteiger partial charge >= 0.3 is 12.1 Å². The predicted molar refractivity (Wildman–Crippen MR) is 153 cm³/mol. The van der Waals surface area contributed by atoms with Gasteiger partial charge in [0.2, 0.25) is 0 Å². The number of benzene rings is 5. The number of hydrogen-bond acceptors (Lipinski definition) is 6. The number of urea groups is 2. The van der Waals surface area contributed by atoms with Gasteiger partial charge in [-0.3, -0.25) is 20.2 Å². The highest BCUT2D eigenvalue weighted by Gasteiger charge is 2.12. The fourth-order valence-corrected chi connectivity index (χ4v) is 4.17. The Morgan fingerprint density at radius 1 is 0.525 bits per heavy atom. The smallest absolute Gasteiger partial charge is 0.308 e. The molecule has 5 rings (SSSR count). The second kappa shape index (κ2) is 10.8. The number of carbonyl (C=O) groups is 2. The van der Waals surface area contributed by atoms with E-state index in [-0.39, 0.29) is 11.4 Å². The minimum absolute atomic E-state index is 0.0854. The molecule has 5 aromatic carbocycles. The molecular formula is C28H20N6O6. The van der Waals surface area contributed by atoms with Crippen LogP contribution < -0.4 is 21.3 Å². The molecule has 0 fully saturated rings. The van der Waals surface area contributed by atoms with E-state index in [0.29, 0.717) is 22.7 Å². The summed E-state index contributed by atoms with van der Waals surface area (Å²) in [5.74, 6) is 0. The molecule has 0 aliphatic carbocycles. The first-order chi connectivity index (χ1) is 19.3. The third-order valence-corrected chi connectivity index (χ3v) is 6.05. The maximum Gasteiger partial charge on any atom is 0.323 e. The largest absolute Gasteiger partial charge is 0.323 e.